The number of hydrogen-bond acceptors (Lipinski definition) is 3. The van der Waals surface area contributed by atoms with Gasteiger partial charge in [-0.15, -0.1) is 10.2 Å². The zero-order valence-electron chi connectivity index (χ0n) is 16.1. The molecular formula is C22H25N5O. The van der Waals surface area contributed by atoms with Crippen LogP contribution in [0, 0.1) is 6.92 Å². The molecule has 1 aromatic heterocycles. The van der Waals surface area contributed by atoms with Gasteiger partial charge in [-0.1, -0.05) is 42.3 Å². The van der Waals surface area contributed by atoms with Gasteiger partial charge in [-0.3, -0.25) is 4.90 Å². The smallest absolute Gasteiger partial charge is 0.313 e. The largest absolute Gasteiger partial charge is 0.326 e. The molecule has 0 aliphatic carbocycles. The van der Waals surface area contributed by atoms with Gasteiger partial charge in [-0.2, -0.15) is 0 Å². The fraction of sp³-hybridized carbons (Fsp3) is 0.318. The average Bonchev–Trinajstić information content (AvgIpc) is 2.94. The molecule has 0 bridgehead atoms. The maximum absolute atomic E-state index is 13.1. The summed E-state index contributed by atoms with van der Waals surface area (Å²) in [6.07, 6.45) is 4.43. The van der Waals surface area contributed by atoms with E-state index in [9.17, 15) is 4.79 Å². The average molecular weight is 375 g/mol. The highest BCUT2D eigenvalue weighted by molar-refractivity contribution is 6.01. The van der Waals surface area contributed by atoms with Crippen molar-refractivity contribution < 1.29 is 4.79 Å². The van der Waals surface area contributed by atoms with Gasteiger partial charge in [0.2, 0.25) is 0 Å². The van der Waals surface area contributed by atoms with Crippen LogP contribution < -0.4 is 10.2 Å². The Morgan fingerprint density at radius 2 is 1.82 bits per heavy atom. The number of nitrogens with zero attached hydrogens (tertiary/aromatic N) is 4. The predicted molar refractivity (Wildman–Crippen MR) is 110 cm³/mol. The number of amides is 2. The highest BCUT2D eigenvalue weighted by Gasteiger charge is 2.22. The highest BCUT2D eigenvalue weighted by Crippen LogP contribution is 2.21. The van der Waals surface area contributed by atoms with Crippen LogP contribution >= 0.6 is 0 Å². The van der Waals surface area contributed by atoms with Crippen LogP contribution in [0.2, 0.25) is 0 Å². The second kappa shape index (κ2) is 8.25. The fourth-order valence-corrected chi connectivity index (χ4v) is 3.52. The van der Waals surface area contributed by atoms with Crippen LogP contribution in [0.15, 0.2) is 54.6 Å². The van der Waals surface area contributed by atoms with Crippen molar-refractivity contribution in [2.75, 3.05) is 10.2 Å². The third-order valence-corrected chi connectivity index (χ3v) is 5.10. The van der Waals surface area contributed by atoms with Crippen molar-refractivity contribution in [2.24, 2.45) is 0 Å². The van der Waals surface area contributed by atoms with Crippen molar-refractivity contribution in [2.45, 2.75) is 45.7 Å². The summed E-state index contributed by atoms with van der Waals surface area (Å²) in [7, 11) is 0. The molecule has 0 atom stereocenters. The predicted octanol–water partition coefficient (Wildman–Crippen LogP) is 4.55. The van der Waals surface area contributed by atoms with Gasteiger partial charge in [0.15, 0.2) is 5.82 Å². The molecule has 0 saturated heterocycles. The van der Waals surface area contributed by atoms with Crippen LogP contribution in [0.3, 0.4) is 0 Å². The maximum atomic E-state index is 13.1. The Morgan fingerprint density at radius 1 is 1.04 bits per heavy atom. The van der Waals surface area contributed by atoms with E-state index in [1.54, 1.807) is 4.90 Å². The van der Waals surface area contributed by atoms with Crippen LogP contribution in [-0.2, 0) is 19.5 Å². The van der Waals surface area contributed by atoms with Crippen molar-refractivity contribution in [3.05, 3.63) is 71.8 Å². The molecule has 2 amide bonds. The zero-order chi connectivity index (χ0) is 19.3. The van der Waals surface area contributed by atoms with Gasteiger partial charge in [0, 0.05) is 24.3 Å². The van der Waals surface area contributed by atoms with Gasteiger partial charge in [-0.25, -0.2) is 4.79 Å². The van der Waals surface area contributed by atoms with Crippen LogP contribution in [-0.4, -0.2) is 20.8 Å². The summed E-state index contributed by atoms with van der Waals surface area (Å²) in [6.45, 7) is 3.33. The first-order valence-electron chi connectivity index (χ1n) is 9.82. The summed E-state index contributed by atoms with van der Waals surface area (Å²) in [5.41, 5.74) is 2.76. The first-order chi connectivity index (χ1) is 13.7. The Kier molecular flexibility index (Phi) is 5.37. The molecule has 1 aliphatic heterocycles. The number of aryl methyl sites for hydroxylation is 2. The van der Waals surface area contributed by atoms with Gasteiger partial charge in [-0.05, 0) is 44.0 Å². The summed E-state index contributed by atoms with van der Waals surface area (Å²) >= 11 is 0. The Labute approximate surface area is 165 Å². The number of urea groups is 1. The van der Waals surface area contributed by atoms with E-state index in [4.69, 9.17) is 0 Å². The minimum absolute atomic E-state index is 0.180. The highest BCUT2D eigenvalue weighted by atomic mass is 16.2. The molecule has 2 heterocycles. The van der Waals surface area contributed by atoms with E-state index in [0.717, 1.165) is 54.4 Å². The molecule has 0 unspecified atom stereocenters. The lowest BCUT2D eigenvalue weighted by Crippen LogP contribution is -2.35. The van der Waals surface area contributed by atoms with Crippen molar-refractivity contribution in [1.82, 2.24) is 14.8 Å². The van der Waals surface area contributed by atoms with Crippen LogP contribution in [0.5, 0.6) is 0 Å². The van der Waals surface area contributed by atoms with Crippen LogP contribution in [0.4, 0.5) is 16.2 Å². The first-order valence-corrected chi connectivity index (χ1v) is 9.82. The molecule has 144 valence electrons. The lowest BCUT2D eigenvalue weighted by atomic mass is 10.2. The maximum Gasteiger partial charge on any atom is 0.326 e. The van der Waals surface area contributed by atoms with Gasteiger partial charge in [0.1, 0.15) is 5.82 Å². The van der Waals surface area contributed by atoms with Crippen LogP contribution in [0.25, 0.3) is 0 Å². The summed E-state index contributed by atoms with van der Waals surface area (Å²) in [6, 6.07) is 17.3. The molecule has 6 nitrogen and oxygen atoms in total. The third kappa shape index (κ3) is 4.06. The lowest BCUT2D eigenvalue weighted by molar-refractivity contribution is 0.256. The molecule has 6 heteroatoms. The SMILES string of the molecule is Cc1ccc(NC(=O)N(Cc2nnc3n2CCCCC3)c2ccccc2)cc1. The molecule has 3 aromatic rings. The first kappa shape index (κ1) is 18.2. The van der Waals surface area contributed by atoms with Crippen molar-refractivity contribution in [1.29, 1.82) is 0 Å². The molecular weight excluding hydrogens is 350 g/mol. The number of carbonyl (C=O) groups excluding carboxylic acids is 1. The topological polar surface area (TPSA) is 63.1 Å². The van der Waals surface area contributed by atoms with Gasteiger partial charge >= 0.3 is 6.03 Å². The van der Waals surface area contributed by atoms with E-state index < -0.39 is 0 Å². The molecule has 28 heavy (non-hydrogen) atoms. The number of rotatable bonds is 4. The van der Waals surface area contributed by atoms with Crippen molar-refractivity contribution in [3.8, 4) is 0 Å². The molecule has 1 N–H and O–H groups in total. The van der Waals surface area contributed by atoms with Crippen molar-refractivity contribution in [3.63, 3.8) is 0 Å². The number of nitrogens with one attached hydrogen (secondary N) is 1. The number of fused-ring (bicyclic) bond motifs is 1. The Morgan fingerprint density at radius 3 is 2.61 bits per heavy atom. The van der Waals surface area contributed by atoms with Gasteiger partial charge in [0.05, 0.1) is 6.54 Å². The summed E-state index contributed by atoms with van der Waals surface area (Å²) in [5.74, 6) is 1.86. The second-order valence-corrected chi connectivity index (χ2v) is 7.21. The van der Waals surface area contributed by atoms with Crippen LogP contribution in [0.1, 0.15) is 36.5 Å². The van der Waals surface area contributed by atoms with E-state index >= 15 is 0 Å². The fourth-order valence-electron chi connectivity index (χ4n) is 3.52. The number of benzene rings is 2. The monoisotopic (exact) mass is 375 g/mol. The Bertz CT molecular complexity index is 933. The summed E-state index contributed by atoms with van der Waals surface area (Å²) in [4.78, 5) is 14.8. The molecule has 4 rings (SSSR count). The quantitative estimate of drug-likeness (QED) is 0.727. The van der Waals surface area contributed by atoms with E-state index in [-0.39, 0.29) is 6.03 Å². The Hall–Kier alpha value is -3.15. The third-order valence-electron chi connectivity index (χ3n) is 5.10. The molecule has 1 aliphatic rings. The normalized spacial score (nSPS) is 13.5. The second-order valence-electron chi connectivity index (χ2n) is 7.21. The minimum Gasteiger partial charge on any atom is -0.313 e. The van der Waals surface area contributed by atoms with Gasteiger partial charge < -0.3 is 9.88 Å². The number of hydrogen-bond donors (Lipinski definition) is 1. The standard InChI is InChI=1S/C22H25N5O/c1-17-11-13-18(14-12-17)23-22(28)27(19-8-4-2-5-9-19)16-21-25-24-20-10-6-3-7-15-26(20)21/h2,4-5,8-9,11-14H,3,6-7,10,15-16H2,1H3,(H,23,28). The number of aromatic nitrogens is 3. The molecule has 0 fully saturated rings. The minimum atomic E-state index is -0.180. The number of para-hydroxylation sites is 1. The number of carbonyl (C=O) groups is 1. The zero-order valence-corrected chi connectivity index (χ0v) is 16.1. The van der Waals surface area contributed by atoms with Crippen molar-refractivity contribution >= 4 is 17.4 Å². The molecule has 0 spiro atoms. The number of anilines is 2. The molecule has 0 saturated carbocycles. The van der Waals surface area contributed by atoms with E-state index in [1.807, 2.05) is 61.5 Å². The van der Waals surface area contributed by atoms with E-state index in [1.165, 1.54) is 6.42 Å². The summed E-state index contributed by atoms with van der Waals surface area (Å²) < 4.78 is 2.18. The summed E-state index contributed by atoms with van der Waals surface area (Å²) in [5, 5.41) is 11.8. The lowest BCUT2D eigenvalue weighted by Gasteiger charge is -2.23. The van der Waals surface area contributed by atoms with E-state index in [2.05, 4.69) is 20.1 Å². The van der Waals surface area contributed by atoms with Gasteiger partial charge in [0.25, 0.3) is 0 Å². The Balaban J connectivity index is 1.60. The van der Waals surface area contributed by atoms with E-state index in [0.29, 0.717) is 6.54 Å². The molecule has 0 radical (unpaired) electrons. The molecule has 2 aromatic carbocycles.